The molecule has 3 aromatic rings. The van der Waals surface area contributed by atoms with Gasteiger partial charge in [-0.15, -0.1) is 0 Å². The van der Waals surface area contributed by atoms with Crippen LogP contribution in [0.15, 0.2) is 35.1 Å². The fourth-order valence-corrected chi connectivity index (χ4v) is 2.87. The van der Waals surface area contributed by atoms with Crippen LogP contribution in [0.1, 0.15) is 12.8 Å². The highest BCUT2D eigenvalue weighted by Gasteiger charge is 2.22. The summed E-state index contributed by atoms with van der Waals surface area (Å²) < 4.78 is 5.37. The molecule has 0 amide bonds. The number of fused-ring (bicyclic) bond motifs is 1. The van der Waals surface area contributed by atoms with Gasteiger partial charge in [-0.1, -0.05) is 28.9 Å². The number of hydrogen-bond acceptors (Lipinski definition) is 5. The number of anilines is 1. The lowest BCUT2D eigenvalue weighted by atomic mass is 10.1. The van der Waals surface area contributed by atoms with Crippen molar-refractivity contribution in [2.75, 3.05) is 18.0 Å². The smallest absolute Gasteiger partial charge is 0.263 e. The molecule has 1 fully saturated rings. The van der Waals surface area contributed by atoms with Crippen molar-refractivity contribution in [3.8, 4) is 11.3 Å². The fourth-order valence-electron chi connectivity index (χ4n) is 2.75. The van der Waals surface area contributed by atoms with Gasteiger partial charge in [-0.3, -0.25) is 0 Å². The van der Waals surface area contributed by atoms with Crippen LogP contribution in [0, 0.1) is 0 Å². The molecule has 0 aliphatic carbocycles. The fraction of sp³-hybridized carbons (Fsp3) is 0.267. The highest BCUT2D eigenvalue weighted by atomic mass is 35.5. The van der Waals surface area contributed by atoms with E-state index in [9.17, 15) is 0 Å². The van der Waals surface area contributed by atoms with Crippen LogP contribution in [0.25, 0.3) is 22.4 Å². The lowest BCUT2D eigenvalue weighted by Gasteiger charge is -2.16. The second-order valence-electron chi connectivity index (χ2n) is 5.11. The molecule has 0 unspecified atom stereocenters. The molecule has 1 saturated heterocycles. The Labute approximate surface area is 126 Å². The zero-order valence-electron chi connectivity index (χ0n) is 11.3. The number of benzene rings is 1. The number of hydrogen-bond donors (Lipinski definition) is 0. The van der Waals surface area contributed by atoms with E-state index >= 15 is 0 Å². The van der Waals surface area contributed by atoms with Crippen LogP contribution in [0.4, 0.5) is 5.82 Å². The highest BCUT2D eigenvalue weighted by Crippen LogP contribution is 2.34. The zero-order valence-corrected chi connectivity index (χ0v) is 12.0. The molecule has 106 valence electrons. The predicted molar refractivity (Wildman–Crippen MR) is 81.5 cm³/mol. The number of aromatic nitrogens is 3. The van der Waals surface area contributed by atoms with Gasteiger partial charge < -0.3 is 9.42 Å². The molecule has 4 rings (SSSR count). The van der Waals surface area contributed by atoms with Gasteiger partial charge in [0.2, 0.25) is 0 Å². The number of rotatable bonds is 2. The van der Waals surface area contributed by atoms with E-state index in [1.54, 1.807) is 0 Å². The first-order valence-electron chi connectivity index (χ1n) is 6.94. The van der Waals surface area contributed by atoms with E-state index in [2.05, 4.69) is 20.0 Å². The second kappa shape index (κ2) is 5.00. The molecule has 3 heterocycles. The maximum absolute atomic E-state index is 5.95. The van der Waals surface area contributed by atoms with Crippen LogP contribution < -0.4 is 4.90 Å². The topological polar surface area (TPSA) is 55.1 Å². The summed E-state index contributed by atoms with van der Waals surface area (Å²) in [5.74, 6) is 0.906. The Bertz CT molecular complexity index is 778. The van der Waals surface area contributed by atoms with E-state index < -0.39 is 0 Å². The van der Waals surface area contributed by atoms with E-state index in [4.69, 9.17) is 16.1 Å². The number of halogens is 1. The average Bonchev–Trinajstić information content (AvgIpc) is 3.17. The summed E-state index contributed by atoms with van der Waals surface area (Å²) in [4.78, 5) is 10.9. The highest BCUT2D eigenvalue weighted by molar-refractivity contribution is 6.30. The standard InChI is InChI=1S/C15H13ClN4O/c16-11-5-3-10(4-6-11)13-12-14(20-7-1-2-8-20)17-9-18-15(12)21-19-13/h3-6,9H,1-2,7-8H2. The molecular formula is C15H13ClN4O. The van der Waals surface area contributed by atoms with Crippen molar-refractivity contribution in [1.82, 2.24) is 15.1 Å². The molecule has 0 saturated carbocycles. The summed E-state index contributed by atoms with van der Waals surface area (Å²) in [7, 11) is 0. The molecule has 1 aromatic carbocycles. The first kappa shape index (κ1) is 12.6. The van der Waals surface area contributed by atoms with E-state index in [1.165, 1.54) is 19.2 Å². The van der Waals surface area contributed by atoms with Crippen molar-refractivity contribution in [3.05, 3.63) is 35.6 Å². The Morgan fingerprint density at radius 3 is 2.57 bits per heavy atom. The summed E-state index contributed by atoms with van der Waals surface area (Å²) in [6.07, 6.45) is 3.91. The third-order valence-corrected chi connectivity index (χ3v) is 4.03. The van der Waals surface area contributed by atoms with Crippen molar-refractivity contribution in [2.24, 2.45) is 0 Å². The Morgan fingerprint density at radius 2 is 1.81 bits per heavy atom. The Kier molecular flexibility index (Phi) is 3.00. The molecule has 6 heteroatoms. The largest absolute Gasteiger partial charge is 0.356 e. The van der Waals surface area contributed by atoms with Crippen molar-refractivity contribution >= 4 is 28.5 Å². The van der Waals surface area contributed by atoms with Gasteiger partial charge in [-0.05, 0) is 25.0 Å². The van der Waals surface area contributed by atoms with Crippen molar-refractivity contribution in [1.29, 1.82) is 0 Å². The first-order chi connectivity index (χ1) is 10.3. The van der Waals surface area contributed by atoms with E-state index in [1.807, 2.05) is 24.3 Å². The van der Waals surface area contributed by atoms with E-state index in [0.29, 0.717) is 10.7 Å². The maximum atomic E-state index is 5.95. The molecule has 1 aliphatic heterocycles. The van der Waals surface area contributed by atoms with Crippen molar-refractivity contribution in [2.45, 2.75) is 12.8 Å². The molecule has 5 nitrogen and oxygen atoms in total. The normalized spacial score (nSPS) is 15.0. The van der Waals surface area contributed by atoms with Crippen LogP contribution in [0.2, 0.25) is 5.02 Å². The first-order valence-corrected chi connectivity index (χ1v) is 7.32. The van der Waals surface area contributed by atoms with Gasteiger partial charge >= 0.3 is 0 Å². The summed E-state index contributed by atoms with van der Waals surface area (Å²) in [5, 5.41) is 5.75. The lowest BCUT2D eigenvalue weighted by molar-refractivity contribution is 0.451. The van der Waals surface area contributed by atoms with E-state index in [0.717, 1.165) is 35.6 Å². The Hall–Kier alpha value is -2.14. The van der Waals surface area contributed by atoms with Gasteiger partial charge in [-0.2, -0.15) is 4.98 Å². The molecular weight excluding hydrogens is 288 g/mol. The molecule has 2 aromatic heterocycles. The van der Waals surface area contributed by atoms with Gasteiger partial charge in [0.1, 0.15) is 23.2 Å². The Balaban J connectivity index is 1.91. The van der Waals surface area contributed by atoms with Crippen molar-refractivity contribution in [3.63, 3.8) is 0 Å². The van der Waals surface area contributed by atoms with Gasteiger partial charge in [0.15, 0.2) is 0 Å². The molecule has 0 N–H and O–H groups in total. The minimum Gasteiger partial charge on any atom is -0.356 e. The van der Waals surface area contributed by atoms with Crippen LogP contribution in [-0.2, 0) is 0 Å². The minimum atomic E-state index is 0.525. The van der Waals surface area contributed by atoms with Crippen LogP contribution >= 0.6 is 11.6 Å². The molecule has 0 atom stereocenters. The molecule has 0 bridgehead atoms. The molecule has 0 radical (unpaired) electrons. The molecule has 1 aliphatic rings. The Morgan fingerprint density at radius 1 is 1.05 bits per heavy atom. The predicted octanol–water partition coefficient (Wildman–Crippen LogP) is 3.54. The summed E-state index contributed by atoms with van der Waals surface area (Å²) in [5.41, 5.74) is 2.24. The SMILES string of the molecule is Clc1ccc(-c2noc3ncnc(N4CCCC4)c23)cc1. The summed E-state index contributed by atoms with van der Waals surface area (Å²) in [6, 6.07) is 7.55. The van der Waals surface area contributed by atoms with E-state index in [-0.39, 0.29) is 0 Å². The summed E-state index contributed by atoms with van der Waals surface area (Å²) >= 11 is 5.95. The van der Waals surface area contributed by atoms with Crippen LogP contribution in [0.3, 0.4) is 0 Å². The maximum Gasteiger partial charge on any atom is 0.263 e. The number of nitrogens with zero attached hydrogens (tertiary/aromatic N) is 4. The second-order valence-corrected chi connectivity index (χ2v) is 5.55. The van der Waals surface area contributed by atoms with Gasteiger partial charge in [0, 0.05) is 23.7 Å². The third kappa shape index (κ3) is 2.14. The van der Waals surface area contributed by atoms with Crippen LogP contribution in [-0.4, -0.2) is 28.2 Å². The minimum absolute atomic E-state index is 0.525. The lowest BCUT2D eigenvalue weighted by Crippen LogP contribution is -2.19. The van der Waals surface area contributed by atoms with Crippen LogP contribution in [0.5, 0.6) is 0 Å². The quantitative estimate of drug-likeness (QED) is 0.724. The van der Waals surface area contributed by atoms with Crippen molar-refractivity contribution < 1.29 is 4.52 Å². The van der Waals surface area contributed by atoms with Gasteiger partial charge in [0.05, 0.1) is 0 Å². The molecule has 0 spiro atoms. The van der Waals surface area contributed by atoms with Gasteiger partial charge in [0.25, 0.3) is 5.71 Å². The monoisotopic (exact) mass is 300 g/mol. The summed E-state index contributed by atoms with van der Waals surface area (Å²) in [6.45, 7) is 2.02. The third-order valence-electron chi connectivity index (χ3n) is 3.78. The molecule has 21 heavy (non-hydrogen) atoms. The average molecular weight is 301 g/mol. The zero-order chi connectivity index (χ0) is 14.2. The van der Waals surface area contributed by atoms with Gasteiger partial charge in [-0.25, -0.2) is 4.98 Å².